The van der Waals surface area contributed by atoms with Crippen LogP contribution in [0, 0.1) is 11.3 Å². The first-order chi connectivity index (χ1) is 7.90. The Balaban J connectivity index is 3.26. The summed E-state index contributed by atoms with van der Waals surface area (Å²) in [5.41, 5.74) is -1.31. The molecular weight excluding hydrogens is 235 g/mol. The van der Waals surface area contributed by atoms with Crippen molar-refractivity contribution < 1.29 is 23.0 Å². The Morgan fingerprint density at radius 3 is 2.59 bits per heavy atom. The molecule has 92 valence electrons. The first kappa shape index (κ1) is 13.3. The van der Waals surface area contributed by atoms with E-state index in [4.69, 9.17) is 10.00 Å². The van der Waals surface area contributed by atoms with Crippen molar-refractivity contribution in [2.45, 2.75) is 18.7 Å². The Morgan fingerprint density at radius 2 is 2.12 bits per heavy atom. The Bertz CT molecular complexity index is 437. The number of methoxy groups -OCH3 is 1. The highest BCUT2D eigenvalue weighted by molar-refractivity contribution is 5.39. The zero-order valence-electron chi connectivity index (χ0n) is 8.95. The highest BCUT2D eigenvalue weighted by Crippen LogP contribution is 2.37. The van der Waals surface area contributed by atoms with Gasteiger partial charge in [-0.05, 0) is 17.7 Å². The first-order valence-corrected chi connectivity index (χ1v) is 4.70. The predicted molar refractivity (Wildman–Crippen MR) is 53.2 cm³/mol. The van der Waals surface area contributed by atoms with Crippen molar-refractivity contribution in [2.75, 3.05) is 7.11 Å². The molecule has 0 saturated carbocycles. The van der Waals surface area contributed by atoms with Gasteiger partial charge in [-0.3, -0.25) is 0 Å². The zero-order chi connectivity index (χ0) is 13.1. The van der Waals surface area contributed by atoms with Crippen molar-refractivity contribution in [3.8, 4) is 11.8 Å². The monoisotopic (exact) mass is 245 g/mol. The molecule has 0 aliphatic rings. The SMILES string of the molecule is COc1ccc(C(O)CC#N)c(C(F)(F)F)c1. The summed E-state index contributed by atoms with van der Waals surface area (Å²) in [6.07, 6.45) is -6.45. The lowest BCUT2D eigenvalue weighted by Crippen LogP contribution is -2.12. The van der Waals surface area contributed by atoms with Crippen LogP contribution >= 0.6 is 0 Å². The number of nitrogens with zero attached hydrogens (tertiary/aromatic N) is 1. The smallest absolute Gasteiger partial charge is 0.416 e. The van der Waals surface area contributed by atoms with Gasteiger partial charge in [0.1, 0.15) is 5.75 Å². The van der Waals surface area contributed by atoms with Crippen molar-refractivity contribution in [1.82, 2.24) is 0 Å². The van der Waals surface area contributed by atoms with Crippen molar-refractivity contribution in [1.29, 1.82) is 5.26 Å². The molecule has 0 aromatic heterocycles. The molecule has 1 N–H and O–H groups in total. The third-order valence-electron chi connectivity index (χ3n) is 2.21. The fourth-order valence-corrected chi connectivity index (χ4v) is 1.39. The van der Waals surface area contributed by atoms with E-state index < -0.39 is 24.3 Å². The zero-order valence-corrected chi connectivity index (χ0v) is 8.95. The Labute approximate surface area is 96.1 Å². The van der Waals surface area contributed by atoms with E-state index in [2.05, 4.69) is 0 Å². The second kappa shape index (κ2) is 5.06. The fourth-order valence-electron chi connectivity index (χ4n) is 1.39. The van der Waals surface area contributed by atoms with Gasteiger partial charge in [0.25, 0.3) is 0 Å². The number of hydrogen-bond acceptors (Lipinski definition) is 3. The summed E-state index contributed by atoms with van der Waals surface area (Å²) in [7, 11) is 1.25. The molecule has 1 aromatic carbocycles. The number of rotatable bonds is 3. The Hall–Kier alpha value is -1.74. The molecule has 3 nitrogen and oxygen atoms in total. The van der Waals surface area contributed by atoms with Crippen LogP contribution in [0.25, 0.3) is 0 Å². The Kier molecular flexibility index (Phi) is 3.97. The van der Waals surface area contributed by atoms with Crippen LogP contribution < -0.4 is 4.74 Å². The van der Waals surface area contributed by atoms with Crippen molar-refractivity contribution in [2.24, 2.45) is 0 Å². The summed E-state index contributed by atoms with van der Waals surface area (Å²) in [4.78, 5) is 0. The van der Waals surface area contributed by atoms with E-state index in [-0.39, 0.29) is 11.3 Å². The maximum Gasteiger partial charge on any atom is 0.416 e. The second-order valence-corrected chi connectivity index (χ2v) is 3.33. The number of hydrogen-bond donors (Lipinski definition) is 1. The fraction of sp³-hybridized carbons (Fsp3) is 0.364. The highest BCUT2D eigenvalue weighted by atomic mass is 19.4. The number of alkyl halides is 3. The lowest BCUT2D eigenvalue weighted by molar-refractivity contribution is -0.139. The van der Waals surface area contributed by atoms with E-state index in [0.29, 0.717) is 0 Å². The first-order valence-electron chi connectivity index (χ1n) is 4.70. The summed E-state index contributed by atoms with van der Waals surface area (Å²) in [5, 5.41) is 17.8. The summed E-state index contributed by atoms with van der Waals surface area (Å²) >= 11 is 0. The molecule has 0 spiro atoms. The predicted octanol–water partition coefficient (Wildman–Crippen LogP) is 2.66. The summed E-state index contributed by atoms with van der Waals surface area (Å²) in [6, 6.07) is 4.85. The number of benzene rings is 1. The molecule has 0 aliphatic heterocycles. The molecule has 6 heteroatoms. The van der Waals surface area contributed by atoms with Gasteiger partial charge in [0, 0.05) is 0 Å². The molecule has 0 radical (unpaired) electrons. The maximum absolute atomic E-state index is 12.7. The molecule has 17 heavy (non-hydrogen) atoms. The molecule has 0 heterocycles. The third-order valence-corrected chi connectivity index (χ3v) is 2.21. The summed E-state index contributed by atoms with van der Waals surface area (Å²) in [6.45, 7) is 0. The highest BCUT2D eigenvalue weighted by Gasteiger charge is 2.35. The van der Waals surface area contributed by atoms with Gasteiger partial charge < -0.3 is 9.84 Å². The number of halogens is 3. The van der Waals surface area contributed by atoms with Gasteiger partial charge in [-0.2, -0.15) is 18.4 Å². The van der Waals surface area contributed by atoms with Crippen molar-refractivity contribution >= 4 is 0 Å². The van der Waals surface area contributed by atoms with Gasteiger partial charge in [0.2, 0.25) is 0 Å². The van der Waals surface area contributed by atoms with E-state index in [1.165, 1.54) is 13.2 Å². The van der Waals surface area contributed by atoms with Crippen LogP contribution in [-0.4, -0.2) is 12.2 Å². The Morgan fingerprint density at radius 1 is 1.47 bits per heavy atom. The lowest BCUT2D eigenvalue weighted by atomic mass is 10.00. The molecule has 1 rings (SSSR count). The minimum Gasteiger partial charge on any atom is -0.497 e. The van der Waals surface area contributed by atoms with E-state index in [1.807, 2.05) is 0 Å². The van der Waals surface area contributed by atoms with E-state index in [9.17, 15) is 18.3 Å². The van der Waals surface area contributed by atoms with Crippen LogP contribution in [0.3, 0.4) is 0 Å². The average molecular weight is 245 g/mol. The molecule has 0 saturated heterocycles. The van der Waals surface area contributed by atoms with Gasteiger partial charge in [0.05, 0.1) is 31.3 Å². The molecule has 1 unspecified atom stereocenters. The van der Waals surface area contributed by atoms with Crippen LogP contribution in [0.5, 0.6) is 5.75 Å². The van der Waals surface area contributed by atoms with Crippen molar-refractivity contribution in [3.63, 3.8) is 0 Å². The lowest BCUT2D eigenvalue weighted by Gasteiger charge is -2.16. The van der Waals surface area contributed by atoms with Gasteiger partial charge >= 0.3 is 6.18 Å². The second-order valence-electron chi connectivity index (χ2n) is 3.33. The average Bonchev–Trinajstić information content (AvgIpc) is 2.27. The minimum absolute atomic E-state index is 0.0465. The summed E-state index contributed by atoms with van der Waals surface area (Å²) < 4.78 is 42.8. The third kappa shape index (κ3) is 3.11. The van der Waals surface area contributed by atoms with Gasteiger partial charge in [-0.1, -0.05) is 6.07 Å². The maximum atomic E-state index is 12.7. The van der Waals surface area contributed by atoms with E-state index in [0.717, 1.165) is 12.1 Å². The van der Waals surface area contributed by atoms with Crippen LogP contribution in [0.15, 0.2) is 18.2 Å². The van der Waals surface area contributed by atoms with Crippen molar-refractivity contribution in [3.05, 3.63) is 29.3 Å². The molecule has 1 aromatic rings. The number of aliphatic hydroxyl groups is 1. The molecule has 0 aliphatic carbocycles. The molecular formula is C11H10F3NO2. The normalized spacial score (nSPS) is 12.9. The minimum atomic E-state index is -4.60. The van der Waals surface area contributed by atoms with Crippen LogP contribution in [0.1, 0.15) is 23.7 Å². The van der Waals surface area contributed by atoms with Crippen LogP contribution in [-0.2, 0) is 6.18 Å². The van der Waals surface area contributed by atoms with E-state index >= 15 is 0 Å². The number of nitriles is 1. The van der Waals surface area contributed by atoms with E-state index in [1.54, 1.807) is 6.07 Å². The summed E-state index contributed by atoms with van der Waals surface area (Å²) in [5.74, 6) is 0.0465. The number of ether oxygens (including phenoxy) is 1. The molecule has 0 fully saturated rings. The largest absolute Gasteiger partial charge is 0.497 e. The van der Waals surface area contributed by atoms with Crippen LogP contribution in [0.4, 0.5) is 13.2 Å². The van der Waals surface area contributed by atoms with Gasteiger partial charge in [-0.25, -0.2) is 0 Å². The number of aliphatic hydroxyl groups excluding tert-OH is 1. The van der Waals surface area contributed by atoms with Crippen LogP contribution in [0.2, 0.25) is 0 Å². The van der Waals surface area contributed by atoms with Gasteiger partial charge in [0.15, 0.2) is 0 Å². The molecule has 0 amide bonds. The van der Waals surface area contributed by atoms with Gasteiger partial charge in [-0.15, -0.1) is 0 Å². The molecule has 1 atom stereocenters. The quantitative estimate of drug-likeness (QED) is 0.890. The standard InChI is InChI=1S/C11H10F3NO2/c1-17-7-2-3-8(10(16)4-5-15)9(6-7)11(12,13)14/h2-3,6,10,16H,4H2,1H3. The topological polar surface area (TPSA) is 53.2 Å². The molecule has 0 bridgehead atoms.